The highest BCUT2D eigenvalue weighted by Gasteiger charge is 2.86. The standard InChI is InChI=1S/C21H20O2/c1-19-16-10-9-12(23-4)11-14(16)18(22)20(2)15-8-6-5-7-13(15)17(19)21(19,20)3/h5-11,17H,1-4H3/t17-,19+,20+,21-/m1/s1. The molecule has 5 rings (SSSR count). The summed E-state index contributed by atoms with van der Waals surface area (Å²) in [6, 6.07) is 14.6. The van der Waals surface area contributed by atoms with Gasteiger partial charge in [-0.3, -0.25) is 4.79 Å². The first-order valence-corrected chi connectivity index (χ1v) is 8.25. The van der Waals surface area contributed by atoms with Crippen molar-refractivity contribution in [2.75, 3.05) is 7.11 Å². The molecule has 2 nitrogen and oxygen atoms in total. The monoisotopic (exact) mass is 304 g/mol. The topological polar surface area (TPSA) is 26.3 Å². The molecule has 4 atom stereocenters. The van der Waals surface area contributed by atoms with Gasteiger partial charge in [0.2, 0.25) is 0 Å². The molecule has 2 aromatic carbocycles. The predicted molar refractivity (Wildman–Crippen MR) is 89.3 cm³/mol. The maximum Gasteiger partial charge on any atom is 0.174 e. The van der Waals surface area contributed by atoms with Gasteiger partial charge in [0, 0.05) is 22.3 Å². The van der Waals surface area contributed by atoms with Crippen LogP contribution in [0, 0.1) is 5.41 Å². The van der Waals surface area contributed by atoms with Crippen molar-refractivity contribution in [3.63, 3.8) is 0 Å². The van der Waals surface area contributed by atoms with Gasteiger partial charge in [0.05, 0.1) is 12.5 Å². The third-order valence-electron chi connectivity index (χ3n) is 7.48. The molecule has 0 N–H and O–H groups in total. The Hall–Kier alpha value is -2.09. The molecule has 0 saturated heterocycles. The zero-order valence-electron chi connectivity index (χ0n) is 13.9. The molecule has 23 heavy (non-hydrogen) atoms. The number of ketones is 1. The summed E-state index contributed by atoms with van der Waals surface area (Å²) in [4.78, 5) is 13.6. The fourth-order valence-electron chi connectivity index (χ4n) is 6.07. The van der Waals surface area contributed by atoms with E-state index in [-0.39, 0.29) is 16.6 Å². The molecule has 1 saturated carbocycles. The highest BCUT2D eigenvalue weighted by molar-refractivity contribution is 6.11. The number of carbonyl (C=O) groups excluding carboxylic acids is 1. The smallest absolute Gasteiger partial charge is 0.174 e. The van der Waals surface area contributed by atoms with Crippen LogP contribution in [0.25, 0.3) is 0 Å². The van der Waals surface area contributed by atoms with Crippen LogP contribution < -0.4 is 4.74 Å². The quantitative estimate of drug-likeness (QED) is 0.788. The Kier molecular flexibility index (Phi) is 2.05. The van der Waals surface area contributed by atoms with Crippen LogP contribution in [0.3, 0.4) is 0 Å². The van der Waals surface area contributed by atoms with Crippen LogP contribution in [0.5, 0.6) is 5.75 Å². The number of benzene rings is 2. The Morgan fingerprint density at radius 1 is 1.00 bits per heavy atom. The van der Waals surface area contributed by atoms with Crippen molar-refractivity contribution in [1.82, 2.24) is 0 Å². The Morgan fingerprint density at radius 3 is 2.48 bits per heavy atom. The van der Waals surface area contributed by atoms with Gasteiger partial charge in [-0.25, -0.2) is 0 Å². The molecule has 0 unspecified atom stereocenters. The molecule has 3 aliphatic carbocycles. The Bertz CT molecular complexity index is 898. The normalized spacial score (nSPS) is 38.6. The number of ether oxygens (including phenoxy) is 1. The summed E-state index contributed by atoms with van der Waals surface area (Å²) in [7, 11) is 1.65. The van der Waals surface area contributed by atoms with E-state index in [9.17, 15) is 4.79 Å². The minimum atomic E-state index is -0.442. The summed E-state index contributed by atoms with van der Waals surface area (Å²) in [5, 5.41) is 0. The van der Waals surface area contributed by atoms with Gasteiger partial charge in [0.15, 0.2) is 5.78 Å². The molecule has 1 fully saturated rings. The summed E-state index contributed by atoms with van der Waals surface area (Å²) in [6.07, 6.45) is 0. The van der Waals surface area contributed by atoms with Crippen LogP contribution in [0.2, 0.25) is 0 Å². The zero-order chi connectivity index (χ0) is 16.2. The molecule has 0 heterocycles. The second kappa shape index (κ2) is 3.53. The van der Waals surface area contributed by atoms with Crippen molar-refractivity contribution in [1.29, 1.82) is 0 Å². The molecule has 0 spiro atoms. The second-order valence-corrected chi connectivity index (χ2v) is 7.79. The molecule has 0 radical (unpaired) electrons. The van der Waals surface area contributed by atoms with Crippen LogP contribution in [0.1, 0.15) is 53.7 Å². The van der Waals surface area contributed by atoms with Crippen LogP contribution in [0.15, 0.2) is 42.5 Å². The fourth-order valence-corrected chi connectivity index (χ4v) is 6.07. The van der Waals surface area contributed by atoms with Crippen molar-refractivity contribution >= 4 is 5.78 Å². The van der Waals surface area contributed by atoms with Gasteiger partial charge >= 0.3 is 0 Å². The summed E-state index contributed by atoms with van der Waals surface area (Å²) >= 11 is 0. The number of hydrogen-bond donors (Lipinski definition) is 0. The van der Waals surface area contributed by atoms with E-state index < -0.39 is 5.41 Å². The number of methoxy groups -OCH3 is 1. The van der Waals surface area contributed by atoms with Crippen LogP contribution in [-0.4, -0.2) is 12.9 Å². The van der Waals surface area contributed by atoms with Crippen molar-refractivity contribution in [3.8, 4) is 5.75 Å². The van der Waals surface area contributed by atoms with Gasteiger partial charge in [-0.15, -0.1) is 0 Å². The van der Waals surface area contributed by atoms with E-state index in [4.69, 9.17) is 4.74 Å². The second-order valence-electron chi connectivity index (χ2n) is 7.79. The lowest BCUT2D eigenvalue weighted by atomic mass is 9.58. The maximum atomic E-state index is 13.6. The number of Topliss-reactive ketones (excluding diaryl/α,β-unsaturated/α-hetero) is 1. The van der Waals surface area contributed by atoms with E-state index in [0.717, 1.165) is 11.3 Å². The maximum absolute atomic E-state index is 13.6. The molecule has 0 aromatic heterocycles. The summed E-state index contributed by atoms with van der Waals surface area (Å²) in [5.74, 6) is 1.44. The SMILES string of the molecule is COc1ccc2c(c1)C(=O)[C@]1(C)c3ccccc3[C@H]3[C@]1(C)[C@@]23C. The summed E-state index contributed by atoms with van der Waals surface area (Å²) < 4.78 is 5.37. The Morgan fingerprint density at radius 2 is 1.74 bits per heavy atom. The highest BCUT2D eigenvalue weighted by Crippen LogP contribution is 2.87. The van der Waals surface area contributed by atoms with Crippen LogP contribution in [-0.2, 0) is 10.8 Å². The Labute approximate surface area is 136 Å². The summed E-state index contributed by atoms with van der Waals surface area (Å²) in [6.45, 7) is 6.80. The van der Waals surface area contributed by atoms with Crippen LogP contribution in [0.4, 0.5) is 0 Å². The molecular weight excluding hydrogens is 284 g/mol. The third-order valence-corrected chi connectivity index (χ3v) is 7.48. The largest absolute Gasteiger partial charge is 0.497 e. The van der Waals surface area contributed by atoms with Gasteiger partial charge in [0.25, 0.3) is 0 Å². The average molecular weight is 304 g/mol. The molecule has 0 amide bonds. The molecule has 116 valence electrons. The first-order chi connectivity index (χ1) is 10.9. The highest BCUT2D eigenvalue weighted by atomic mass is 16.5. The zero-order valence-corrected chi connectivity index (χ0v) is 13.9. The predicted octanol–water partition coefficient (Wildman–Crippen LogP) is 4.22. The molecule has 2 heteroatoms. The Balaban J connectivity index is 1.88. The fraction of sp³-hybridized carbons (Fsp3) is 0.381. The molecular formula is C21H20O2. The van der Waals surface area contributed by atoms with Crippen molar-refractivity contribution in [2.24, 2.45) is 5.41 Å². The number of rotatable bonds is 1. The van der Waals surface area contributed by atoms with Gasteiger partial charge in [-0.2, -0.15) is 0 Å². The van der Waals surface area contributed by atoms with Gasteiger partial charge in [-0.1, -0.05) is 44.2 Å². The van der Waals surface area contributed by atoms with E-state index >= 15 is 0 Å². The lowest BCUT2D eigenvalue weighted by Crippen LogP contribution is -2.47. The number of fused-ring (bicyclic) bond motifs is 6. The number of hydrogen-bond acceptors (Lipinski definition) is 2. The first kappa shape index (κ1) is 13.4. The van der Waals surface area contributed by atoms with Gasteiger partial charge in [-0.05, 0) is 35.7 Å². The van der Waals surface area contributed by atoms with E-state index in [1.54, 1.807) is 7.11 Å². The first-order valence-electron chi connectivity index (χ1n) is 8.25. The van der Waals surface area contributed by atoms with E-state index in [1.807, 2.05) is 12.1 Å². The van der Waals surface area contributed by atoms with E-state index in [0.29, 0.717) is 5.92 Å². The average Bonchev–Trinajstić information content (AvgIpc) is 3.01. The molecule has 0 bridgehead atoms. The van der Waals surface area contributed by atoms with Gasteiger partial charge in [0.1, 0.15) is 5.75 Å². The van der Waals surface area contributed by atoms with Crippen molar-refractivity contribution in [3.05, 3.63) is 64.7 Å². The third kappa shape index (κ3) is 1.05. The minimum absolute atomic E-state index is 0.0254. The van der Waals surface area contributed by atoms with Crippen molar-refractivity contribution in [2.45, 2.75) is 37.5 Å². The lowest BCUT2D eigenvalue weighted by molar-refractivity contribution is 0.0794. The molecule has 3 aliphatic rings. The van der Waals surface area contributed by atoms with E-state index in [1.165, 1.54) is 16.7 Å². The van der Waals surface area contributed by atoms with Gasteiger partial charge < -0.3 is 4.74 Å². The lowest BCUT2D eigenvalue weighted by Gasteiger charge is -2.42. The van der Waals surface area contributed by atoms with Crippen LogP contribution >= 0.6 is 0 Å². The van der Waals surface area contributed by atoms with Crippen molar-refractivity contribution < 1.29 is 9.53 Å². The summed E-state index contributed by atoms with van der Waals surface area (Å²) in [5.41, 5.74) is 4.21. The van der Waals surface area contributed by atoms with E-state index in [2.05, 4.69) is 51.1 Å². The molecule has 0 aliphatic heterocycles. The molecule has 2 aromatic rings. The number of carbonyl (C=O) groups is 1. The minimum Gasteiger partial charge on any atom is -0.497 e.